The third-order valence-electron chi connectivity index (χ3n) is 4.80. The molecule has 6 N–H and O–H groups in total. The molecule has 0 saturated carbocycles. The summed E-state index contributed by atoms with van der Waals surface area (Å²) in [4.78, 5) is 41.8. The van der Waals surface area contributed by atoms with Crippen LogP contribution in [0.4, 0.5) is 5.95 Å². The van der Waals surface area contributed by atoms with E-state index in [1.807, 2.05) is 0 Å². The fraction of sp³-hybridized carbons (Fsp3) is 0.190. The molecule has 11 nitrogen and oxygen atoms in total. The summed E-state index contributed by atoms with van der Waals surface area (Å²) in [5, 5.41) is 5.85. The highest BCUT2D eigenvalue weighted by molar-refractivity contribution is 6.42. The molecule has 0 radical (unpaired) electrons. The van der Waals surface area contributed by atoms with E-state index in [-0.39, 0.29) is 36.6 Å². The van der Waals surface area contributed by atoms with Crippen molar-refractivity contribution in [3.05, 3.63) is 90.2 Å². The van der Waals surface area contributed by atoms with Gasteiger partial charge in [0.05, 0.1) is 23.1 Å². The highest BCUT2D eigenvalue weighted by Crippen LogP contribution is 2.22. The van der Waals surface area contributed by atoms with E-state index in [4.69, 9.17) is 40.4 Å². The largest absolute Gasteiger partial charge is 0.369 e. The average Bonchev–Trinajstić information content (AvgIpc) is 2.79. The first-order chi connectivity index (χ1) is 16.1. The minimum Gasteiger partial charge on any atom is -0.369 e. The van der Waals surface area contributed by atoms with E-state index in [1.54, 1.807) is 37.3 Å². The summed E-state index contributed by atoms with van der Waals surface area (Å²) in [5.74, 6) is -0.894. The number of anilines is 1. The molecule has 178 valence electrons. The van der Waals surface area contributed by atoms with Gasteiger partial charge >= 0.3 is 11.4 Å². The standard InChI is InChI=1S/C21H22Cl2N8O3/c1-2-31(28-18(25)26)19-27-20(33)30(11-13-5-8-15(22)16(23)9-13)21(34)29(19)10-12-3-6-14(7-4-12)17(24)32/h3-9H,2,10-11H2,1H3,(H2,24,32)(H4,25,26,28). The lowest BCUT2D eigenvalue weighted by atomic mass is 10.1. The molecule has 1 aromatic heterocycles. The average molecular weight is 505 g/mol. The lowest BCUT2D eigenvalue weighted by Gasteiger charge is -2.21. The number of hydrogen-bond acceptors (Lipinski definition) is 6. The van der Waals surface area contributed by atoms with Gasteiger partial charge in [-0.2, -0.15) is 4.98 Å². The van der Waals surface area contributed by atoms with Crippen LogP contribution in [0.3, 0.4) is 0 Å². The highest BCUT2D eigenvalue weighted by atomic mass is 35.5. The molecule has 2 aromatic carbocycles. The molecule has 0 saturated heterocycles. The quantitative estimate of drug-likeness (QED) is 0.232. The van der Waals surface area contributed by atoms with E-state index in [1.165, 1.54) is 21.7 Å². The molecular formula is C21H22Cl2N8O3. The molecule has 34 heavy (non-hydrogen) atoms. The van der Waals surface area contributed by atoms with Gasteiger partial charge in [-0.1, -0.05) is 41.4 Å². The third kappa shape index (κ3) is 5.56. The fourth-order valence-corrected chi connectivity index (χ4v) is 3.48. The molecule has 0 fully saturated rings. The van der Waals surface area contributed by atoms with Gasteiger partial charge in [0, 0.05) is 12.1 Å². The molecule has 0 unspecified atom stereocenters. The molecule has 13 heteroatoms. The molecule has 1 amide bonds. The Kier molecular flexibility index (Phi) is 7.59. The maximum atomic E-state index is 13.5. The predicted molar refractivity (Wildman–Crippen MR) is 131 cm³/mol. The van der Waals surface area contributed by atoms with Crippen molar-refractivity contribution in [2.45, 2.75) is 20.0 Å². The van der Waals surface area contributed by atoms with Crippen LogP contribution in [0.2, 0.25) is 10.0 Å². The summed E-state index contributed by atoms with van der Waals surface area (Å²) in [7, 11) is 0. The van der Waals surface area contributed by atoms with Crippen LogP contribution in [0.15, 0.2) is 57.2 Å². The minimum atomic E-state index is -0.796. The second kappa shape index (κ2) is 10.4. The van der Waals surface area contributed by atoms with Crippen molar-refractivity contribution in [3.63, 3.8) is 0 Å². The Balaban J connectivity index is 2.15. The van der Waals surface area contributed by atoms with Crippen molar-refractivity contribution in [1.82, 2.24) is 14.1 Å². The number of carbonyl (C=O) groups is 1. The summed E-state index contributed by atoms with van der Waals surface area (Å²) in [6, 6.07) is 11.1. The number of nitrogens with zero attached hydrogens (tertiary/aromatic N) is 5. The first kappa shape index (κ1) is 24.8. The molecule has 0 atom stereocenters. The lowest BCUT2D eigenvalue weighted by molar-refractivity contribution is 0.100. The molecule has 3 aromatic rings. The maximum absolute atomic E-state index is 13.5. The number of amides is 1. The molecule has 0 spiro atoms. The number of carbonyl (C=O) groups excluding carboxylic acids is 1. The zero-order valence-corrected chi connectivity index (χ0v) is 19.6. The summed E-state index contributed by atoms with van der Waals surface area (Å²) in [5.41, 5.74) is 16.4. The van der Waals surface area contributed by atoms with E-state index < -0.39 is 17.3 Å². The van der Waals surface area contributed by atoms with E-state index >= 15 is 0 Å². The van der Waals surface area contributed by atoms with Crippen molar-refractivity contribution >= 4 is 41.0 Å². The first-order valence-electron chi connectivity index (χ1n) is 10.0. The lowest BCUT2D eigenvalue weighted by Crippen LogP contribution is -2.45. The van der Waals surface area contributed by atoms with E-state index in [2.05, 4.69) is 10.1 Å². The number of halogens is 2. The summed E-state index contributed by atoms with van der Waals surface area (Å²) in [6.07, 6.45) is 0. The fourth-order valence-electron chi connectivity index (χ4n) is 3.16. The van der Waals surface area contributed by atoms with Gasteiger partial charge in [0.1, 0.15) is 0 Å². The molecule has 0 aliphatic rings. The first-order valence-corrected chi connectivity index (χ1v) is 10.8. The third-order valence-corrected chi connectivity index (χ3v) is 5.54. The zero-order chi connectivity index (χ0) is 25.0. The van der Waals surface area contributed by atoms with E-state index in [0.29, 0.717) is 21.7 Å². The second-order valence-corrected chi connectivity index (χ2v) is 8.01. The minimum absolute atomic E-state index is 0.0123. The zero-order valence-electron chi connectivity index (χ0n) is 18.1. The second-order valence-electron chi connectivity index (χ2n) is 7.20. The Bertz CT molecular complexity index is 1360. The normalized spacial score (nSPS) is 10.7. The van der Waals surface area contributed by atoms with E-state index in [9.17, 15) is 14.4 Å². The van der Waals surface area contributed by atoms with Crippen molar-refractivity contribution in [2.75, 3.05) is 11.6 Å². The number of rotatable bonds is 8. The highest BCUT2D eigenvalue weighted by Gasteiger charge is 2.19. The Morgan fingerprint density at radius 3 is 2.15 bits per heavy atom. The van der Waals surface area contributed by atoms with Gasteiger partial charge in [-0.05, 0) is 42.3 Å². The Morgan fingerprint density at radius 2 is 1.59 bits per heavy atom. The molecular weight excluding hydrogens is 483 g/mol. The Morgan fingerprint density at radius 1 is 0.971 bits per heavy atom. The van der Waals surface area contributed by atoms with Gasteiger partial charge in [0.25, 0.3) is 0 Å². The van der Waals surface area contributed by atoms with Crippen molar-refractivity contribution in [2.24, 2.45) is 22.3 Å². The Labute approximate surface area is 204 Å². The van der Waals surface area contributed by atoms with Gasteiger partial charge in [-0.25, -0.2) is 19.2 Å². The summed E-state index contributed by atoms with van der Waals surface area (Å²) < 4.78 is 2.22. The van der Waals surface area contributed by atoms with E-state index in [0.717, 1.165) is 4.57 Å². The smallest absolute Gasteiger partial charge is 0.355 e. The topological polar surface area (TPSA) is 168 Å². The number of benzene rings is 2. The van der Waals surface area contributed by atoms with Gasteiger partial charge in [0.2, 0.25) is 17.8 Å². The van der Waals surface area contributed by atoms with Crippen LogP contribution < -0.4 is 33.6 Å². The molecule has 0 bridgehead atoms. The Hall–Kier alpha value is -3.83. The van der Waals surface area contributed by atoms with Gasteiger partial charge in [-0.3, -0.25) is 9.36 Å². The summed E-state index contributed by atoms with van der Waals surface area (Å²) in [6.45, 7) is 1.88. The van der Waals surface area contributed by atoms with Crippen molar-refractivity contribution < 1.29 is 4.79 Å². The van der Waals surface area contributed by atoms with Crippen LogP contribution in [0.25, 0.3) is 0 Å². The van der Waals surface area contributed by atoms with Gasteiger partial charge in [-0.15, -0.1) is 5.10 Å². The number of guanidine groups is 1. The number of hydrazone groups is 1. The van der Waals surface area contributed by atoms with Gasteiger partial charge < -0.3 is 17.2 Å². The number of aromatic nitrogens is 3. The van der Waals surface area contributed by atoms with Crippen LogP contribution in [-0.4, -0.2) is 32.5 Å². The maximum Gasteiger partial charge on any atom is 0.355 e. The molecule has 0 aliphatic carbocycles. The monoisotopic (exact) mass is 504 g/mol. The van der Waals surface area contributed by atoms with Crippen LogP contribution in [0, 0.1) is 0 Å². The summed E-state index contributed by atoms with van der Waals surface area (Å²) >= 11 is 12.0. The molecule has 0 aliphatic heterocycles. The molecule has 1 heterocycles. The van der Waals surface area contributed by atoms with Crippen LogP contribution in [-0.2, 0) is 13.1 Å². The predicted octanol–water partition coefficient (Wildman–Crippen LogP) is 0.922. The SMILES string of the molecule is CCN(N=C(N)N)c1nc(=O)n(Cc2ccc(Cl)c(Cl)c2)c(=O)n1Cc1ccc(C(N)=O)cc1. The van der Waals surface area contributed by atoms with Crippen LogP contribution in [0.5, 0.6) is 0 Å². The number of primary amides is 1. The molecule has 3 rings (SSSR count). The number of hydrogen-bond donors (Lipinski definition) is 3. The number of nitrogens with two attached hydrogens (primary N) is 3. The van der Waals surface area contributed by atoms with Crippen molar-refractivity contribution in [3.8, 4) is 0 Å². The van der Waals surface area contributed by atoms with Crippen molar-refractivity contribution in [1.29, 1.82) is 0 Å². The van der Waals surface area contributed by atoms with Gasteiger partial charge in [0.15, 0.2) is 0 Å². The van der Waals surface area contributed by atoms with Crippen LogP contribution >= 0.6 is 23.2 Å². The van der Waals surface area contributed by atoms with Crippen LogP contribution in [0.1, 0.15) is 28.4 Å².